The molecule has 0 saturated heterocycles. The Morgan fingerprint density at radius 1 is 0.962 bits per heavy atom. The molecule has 0 bridgehead atoms. The van der Waals surface area contributed by atoms with Gasteiger partial charge in [0.05, 0.1) is 10.6 Å². The molecule has 1 N–H and O–H groups in total. The van der Waals surface area contributed by atoms with Crippen LogP contribution in [-0.4, -0.2) is 20.6 Å². The van der Waals surface area contributed by atoms with Crippen molar-refractivity contribution in [1.29, 1.82) is 0 Å². The number of rotatable bonds is 6. The second-order valence-electron chi connectivity index (χ2n) is 5.95. The number of hydrogen-bond donors (Lipinski definition) is 1. The van der Waals surface area contributed by atoms with E-state index >= 15 is 0 Å². The maximum absolute atomic E-state index is 12.2. The molecule has 0 saturated carbocycles. The van der Waals surface area contributed by atoms with Crippen molar-refractivity contribution >= 4 is 21.4 Å². The van der Waals surface area contributed by atoms with Crippen LogP contribution in [0.2, 0.25) is 0 Å². The smallest absolute Gasteiger partial charge is 0.224 e. The first kappa shape index (κ1) is 17.9. The molecule has 0 aliphatic heterocycles. The third-order valence-electron chi connectivity index (χ3n) is 3.88. The molecule has 3 aromatic rings. The van der Waals surface area contributed by atoms with Crippen LogP contribution in [0.25, 0.3) is 11.3 Å². The molecular weight excluding hydrogens is 350 g/mol. The fraction of sp³-hybridized carbons (Fsp3) is 0.150. The van der Waals surface area contributed by atoms with Crippen molar-refractivity contribution in [2.24, 2.45) is 0 Å². The summed E-state index contributed by atoms with van der Waals surface area (Å²) in [5.74, 6) is 1.19. The van der Waals surface area contributed by atoms with Gasteiger partial charge >= 0.3 is 0 Å². The van der Waals surface area contributed by atoms with Gasteiger partial charge in [-0.05, 0) is 24.3 Å². The van der Waals surface area contributed by atoms with Crippen LogP contribution >= 0.6 is 0 Å². The predicted octanol–water partition coefficient (Wildman–Crippen LogP) is 3.92. The number of sulfone groups is 1. The maximum atomic E-state index is 12.2. The topological polar surface area (TPSA) is 76.4 Å². The molecule has 0 radical (unpaired) electrons. The second-order valence-corrected chi connectivity index (χ2v) is 7.93. The molecule has 0 aliphatic rings. The highest BCUT2D eigenvalue weighted by atomic mass is 32.2. The lowest BCUT2D eigenvalue weighted by atomic mass is 10.2. The summed E-state index contributed by atoms with van der Waals surface area (Å²) >= 11 is 0. The lowest BCUT2D eigenvalue weighted by Gasteiger charge is -2.09. The molecule has 5 nitrogen and oxygen atoms in total. The van der Waals surface area contributed by atoms with Gasteiger partial charge in [0.15, 0.2) is 9.84 Å². The Morgan fingerprint density at radius 2 is 1.65 bits per heavy atom. The number of benzene rings is 2. The van der Waals surface area contributed by atoms with Crippen molar-refractivity contribution in [3.8, 4) is 11.3 Å². The molecule has 0 unspecified atom stereocenters. The van der Waals surface area contributed by atoms with E-state index in [-0.39, 0.29) is 17.2 Å². The van der Waals surface area contributed by atoms with Crippen LogP contribution < -0.4 is 5.32 Å². The number of anilines is 1. The average molecular weight is 369 g/mol. The zero-order chi connectivity index (χ0) is 18.6. The fourth-order valence-corrected chi connectivity index (χ4v) is 3.46. The highest BCUT2D eigenvalue weighted by molar-refractivity contribution is 7.90. The minimum atomic E-state index is -3.41. The van der Waals surface area contributed by atoms with Gasteiger partial charge in [0.1, 0.15) is 11.5 Å². The molecule has 1 amide bonds. The summed E-state index contributed by atoms with van der Waals surface area (Å²) in [4.78, 5) is 12.3. The number of aryl methyl sites for hydroxylation is 1. The summed E-state index contributed by atoms with van der Waals surface area (Å²) in [6, 6.07) is 19.8. The number of hydrogen-bond acceptors (Lipinski definition) is 4. The summed E-state index contributed by atoms with van der Waals surface area (Å²) in [5, 5.41) is 2.67. The van der Waals surface area contributed by atoms with Crippen LogP contribution in [0.4, 0.5) is 5.69 Å². The standard InChI is InChI=1S/C20H19NO4S/c1-26(23,24)19-10-6-5-9-17(19)21-20(22)14-12-16-11-13-18(25-16)15-7-3-2-4-8-15/h2-11,13H,12,14H2,1H3,(H,21,22). The Bertz CT molecular complexity index is 1010. The third kappa shape index (κ3) is 4.40. The number of furan rings is 1. The van der Waals surface area contributed by atoms with Crippen LogP contribution in [0, 0.1) is 0 Å². The molecule has 0 spiro atoms. The van der Waals surface area contributed by atoms with Crippen LogP contribution in [0.15, 0.2) is 76.0 Å². The zero-order valence-electron chi connectivity index (χ0n) is 14.3. The van der Waals surface area contributed by atoms with Gasteiger partial charge in [0.25, 0.3) is 0 Å². The Labute approximate surface area is 152 Å². The molecule has 1 aromatic heterocycles. The maximum Gasteiger partial charge on any atom is 0.224 e. The summed E-state index contributed by atoms with van der Waals surface area (Å²) in [6.45, 7) is 0. The largest absolute Gasteiger partial charge is 0.461 e. The van der Waals surface area contributed by atoms with E-state index in [9.17, 15) is 13.2 Å². The average Bonchev–Trinajstić information content (AvgIpc) is 3.09. The first-order valence-electron chi connectivity index (χ1n) is 8.16. The van der Waals surface area contributed by atoms with Crippen LogP contribution in [0.1, 0.15) is 12.2 Å². The van der Waals surface area contributed by atoms with E-state index in [4.69, 9.17) is 4.42 Å². The molecule has 1 heterocycles. The van der Waals surface area contributed by atoms with E-state index in [1.807, 2.05) is 42.5 Å². The van der Waals surface area contributed by atoms with Gasteiger partial charge in [0.2, 0.25) is 5.91 Å². The van der Waals surface area contributed by atoms with Gasteiger partial charge in [0, 0.05) is 24.7 Å². The quantitative estimate of drug-likeness (QED) is 0.714. The minimum Gasteiger partial charge on any atom is -0.461 e. The SMILES string of the molecule is CS(=O)(=O)c1ccccc1NC(=O)CCc1ccc(-c2ccccc2)o1. The van der Waals surface area contributed by atoms with Gasteiger partial charge in [-0.3, -0.25) is 4.79 Å². The second kappa shape index (κ2) is 7.58. The molecular formula is C20H19NO4S. The minimum absolute atomic E-state index is 0.109. The Kier molecular flexibility index (Phi) is 5.23. The van der Waals surface area contributed by atoms with E-state index < -0.39 is 9.84 Å². The Balaban J connectivity index is 1.63. The number of amides is 1. The highest BCUT2D eigenvalue weighted by Gasteiger charge is 2.15. The first-order valence-corrected chi connectivity index (χ1v) is 10.1. The number of para-hydroxylation sites is 1. The van der Waals surface area contributed by atoms with E-state index in [2.05, 4.69) is 5.32 Å². The molecule has 0 atom stereocenters. The third-order valence-corrected chi connectivity index (χ3v) is 5.03. The lowest BCUT2D eigenvalue weighted by Crippen LogP contribution is -2.14. The van der Waals surface area contributed by atoms with E-state index in [0.717, 1.165) is 17.6 Å². The zero-order valence-corrected chi connectivity index (χ0v) is 15.1. The van der Waals surface area contributed by atoms with Gasteiger partial charge in [-0.1, -0.05) is 42.5 Å². The molecule has 0 fully saturated rings. The summed E-state index contributed by atoms with van der Waals surface area (Å²) in [7, 11) is -3.41. The highest BCUT2D eigenvalue weighted by Crippen LogP contribution is 2.23. The molecule has 6 heteroatoms. The van der Waals surface area contributed by atoms with Gasteiger partial charge in [-0.15, -0.1) is 0 Å². The fourth-order valence-electron chi connectivity index (χ4n) is 2.61. The summed E-state index contributed by atoms with van der Waals surface area (Å²) in [5.41, 5.74) is 1.27. The summed E-state index contributed by atoms with van der Waals surface area (Å²) in [6.07, 6.45) is 1.74. The van der Waals surface area contributed by atoms with Crippen LogP contribution in [0.3, 0.4) is 0 Å². The van der Waals surface area contributed by atoms with Gasteiger partial charge in [-0.2, -0.15) is 0 Å². The van der Waals surface area contributed by atoms with E-state index in [1.165, 1.54) is 6.07 Å². The molecule has 3 rings (SSSR count). The van der Waals surface area contributed by atoms with Crippen molar-refractivity contribution in [3.63, 3.8) is 0 Å². The van der Waals surface area contributed by atoms with Gasteiger partial charge in [-0.25, -0.2) is 8.42 Å². The predicted molar refractivity (Wildman–Crippen MR) is 101 cm³/mol. The van der Waals surface area contributed by atoms with Crippen LogP contribution in [-0.2, 0) is 21.1 Å². The Hall–Kier alpha value is -2.86. The Morgan fingerprint density at radius 3 is 2.38 bits per heavy atom. The molecule has 2 aromatic carbocycles. The van der Waals surface area contributed by atoms with Crippen molar-refractivity contribution in [3.05, 3.63) is 72.5 Å². The van der Waals surface area contributed by atoms with Crippen LogP contribution in [0.5, 0.6) is 0 Å². The van der Waals surface area contributed by atoms with Crippen molar-refractivity contribution in [2.45, 2.75) is 17.7 Å². The van der Waals surface area contributed by atoms with E-state index in [1.54, 1.807) is 18.2 Å². The normalized spacial score (nSPS) is 11.3. The van der Waals surface area contributed by atoms with Crippen molar-refractivity contribution < 1.29 is 17.6 Å². The van der Waals surface area contributed by atoms with Gasteiger partial charge < -0.3 is 9.73 Å². The van der Waals surface area contributed by atoms with Crippen molar-refractivity contribution in [2.75, 3.05) is 11.6 Å². The molecule has 26 heavy (non-hydrogen) atoms. The van der Waals surface area contributed by atoms with Crippen molar-refractivity contribution in [1.82, 2.24) is 0 Å². The number of carbonyl (C=O) groups excluding carboxylic acids is 1. The lowest BCUT2D eigenvalue weighted by molar-refractivity contribution is -0.116. The van der Waals surface area contributed by atoms with E-state index in [0.29, 0.717) is 17.9 Å². The molecule has 0 aliphatic carbocycles. The summed E-state index contributed by atoms with van der Waals surface area (Å²) < 4.78 is 29.3. The number of carbonyl (C=O) groups is 1. The molecule has 134 valence electrons. The number of nitrogens with one attached hydrogen (secondary N) is 1. The monoisotopic (exact) mass is 369 g/mol. The first-order chi connectivity index (χ1) is 12.4.